The van der Waals surface area contributed by atoms with Gasteiger partial charge < -0.3 is 15.4 Å². The van der Waals surface area contributed by atoms with Crippen LogP contribution >= 0.6 is 0 Å². The lowest BCUT2D eigenvalue weighted by atomic mass is 9.92. The molecule has 184 valence electrons. The summed E-state index contributed by atoms with van der Waals surface area (Å²) in [7, 11) is 1.79. The molecule has 2 N–H and O–H groups in total. The average molecular weight is 482 g/mol. The van der Waals surface area contributed by atoms with Gasteiger partial charge in [0.05, 0.1) is 18.2 Å². The van der Waals surface area contributed by atoms with Gasteiger partial charge in [-0.2, -0.15) is 0 Å². The molecule has 4 rings (SSSR count). The number of amides is 1. The number of halogens is 2. The third-order valence-corrected chi connectivity index (χ3v) is 5.36. The first kappa shape index (κ1) is 26.0. The number of nitrogens with zero attached hydrogens (tertiary/aromatic N) is 1. The Morgan fingerprint density at radius 3 is 2.40 bits per heavy atom. The number of rotatable bonds is 6. The van der Waals surface area contributed by atoms with Crippen molar-refractivity contribution in [2.45, 2.75) is 45.3 Å². The van der Waals surface area contributed by atoms with Gasteiger partial charge in [-0.05, 0) is 75.2 Å². The molecule has 1 amide bonds. The zero-order valence-electron chi connectivity index (χ0n) is 20.2. The molecule has 0 bridgehead atoms. The number of likely N-dealkylation sites (N-methyl/N-ethyl adjacent to an activating group) is 1. The molecule has 2 aromatic carbocycles. The second-order valence-electron chi connectivity index (χ2n) is 9.14. The van der Waals surface area contributed by atoms with Gasteiger partial charge in [0.15, 0.2) is 0 Å². The number of carbonyl (C=O) groups is 2. The zero-order valence-corrected chi connectivity index (χ0v) is 20.2. The minimum atomic E-state index is -0.600. The van der Waals surface area contributed by atoms with Crippen LogP contribution in [-0.4, -0.2) is 30.0 Å². The quantitative estimate of drug-likeness (QED) is 0.486. The fourth-order valence-electron chi connectivity index (χ4n) is 3.87. The molecule has 0 aliphatic carbocycles. The highest BCUT2D eigenvalue weighted by Crippen LogP contribution is 2.36. The van der Waals surface area contributed by atoms with Gasteiger partial charge >= 0.3 is 0 Å². The van der Waals surface area contributed by atoms with E-state index in [2.05, 4.69) is 20.4 Å². The fourth-order valence-corrected chi connectivity index (χ4v) is 3.87. The van der Waals surface area contributed by atoms with Crippen molar-refractivity contribution in [2.24, 2.45) is 0 Å². The van der Waals surface area contributed by atoms with Crippen LogP contribution in [0.25, 0.3) is 11.1 Å². The van der Waals surface area contributed by atoms with Crippen molar-refractivity contribution in [1.29, 1.82) is 0 Å². The molecular formula is C27H29F2N3O3. The summed E-state index contributed by atoms with van der Waals surface area (Å²) in [5, 5.41) is 6.07. The van der Waals surface area contributed by atoms with E-state index in [4.69, 9.17) is 0 Å². The SMILES string of the molecule is CC(C)(C)OC=O.CNC(Cc1cc(F)cc(F)c1)c1ncccc1-c1cccc2c1CC(=O)N2. The van der Waals surface area contributed by atoms with Crippen LogP contribution in [0.15, 0.2) is 54.7 Å². The van der Waals surface area contributed by atoms with Gasteiger partial charge in [0.2, 0.25) is 5.91 Å². The summed E-state index contributed by atoms with van der Waals surface area (Å²) in [6.45, 7) is 5.92. The van der Waals surface area contributed by atoms with E-state index in [0.29, 0.717) is 24.9 Å². The van der Waals surface area contributed by atoms with Crippen LogP contribution in [0.3, 0.4) is 0 Å². The molecule has 0 saturated carbocycles. The van der Waals surface area contributed by atoms with Crippen LogP contribution in [0.1, 0.15) is 43.6 Å². The molecule has 35 heavy (non-hydrogen) atoms. The molecule has 1 aliphatic rings. The Kier molecular flexibility index (Phi) is 8.30. The van der Waals surface area contributed by atoms with Gasteiger partial charge in [-0.3, -0.25) is 14.6 Å². The van der Waals surface area contributed by atoms with Gasteiger partial charge in [0.25, 0.3) is 6.47 Å². The summed E-state index contributed by atoms with van der Waals surface area (Å²) in [5.41, 5.74) is 4.57. The Labute approximate surface area is 203 Å². The average Bonchev–Trinajstić information content (AvgIpc) is 3.17. The number of fused-ring (bicyclic) bond motifs is 1. The maximum absolute atomic E-state index is 13.6. The number of nitrogens with one attached hydrogen (secondary N) is 2. The third-order valence-electron chi connectivity index (χ3n) is 5.36. The number of carbonyl (C=O) groups excluding carboxylic acids is 2. The Bertz CT molecular complexity index is 1190. The van der Waals surface area contributed by atoms with E-state index in [1.807, 2.05) is 51.1 Å². The van der Waals surface area contributed by atoms with Crippen molar-refractivity contribution in [3.8, 4) is 11.1 Å². The van der Waals surface area contributed by atoms with Gasteiger partial charge in [-0.15, -0.1) is 0 Å². The molecule has 0 spiro atoms. The topological polar surface area (TPSA) is 80.3 Å². The van der Waals surface area contributed by atoms with E-state index in [-0.39, 0.29) is 17.6 Å². The molecule has 0 radical (unpaired) electrons. The number of anilines is 1. The monoisotopic (exact) mass is 481 g/mol. The zero-order chi connectivity index (χ0) is 25.6. The summed E-state index contributed by atoms with van der Waals surface area (Å²) < 4.78 is 31.8. The first-order valence-corrected chi connectivity index (χ1v) is 11.2. The van der Waals surface area contributed by atoms with Crippen LogP contribution in [0.4, 0.5) is 14.5 Å². The van der Waals surface area contributed by atoms with Crippen LogP contribution in [-0.2, 0) is 27.2 Å². The highest BCUT2D eigenvalue weighted by atomic mass is 19.1. The summed E-state index contributed by atoms with van der Waals surface area (Å²) >= 11 is 0. The highest BCUT2D eigenvalue weighted by molar-refractivity contribution is 6.01. The lowest BCUT2D eigenvalue weighted by Gasteiger charge is -2.20. The molecule has 2 heterocycles. The largest absolute Gasteiger partial charge is 0.462 e. The van der Waals surface area contributed by atoms with Crippen LogP contribution in [0.2, 0.25) is 0 Å². The van der Waals surface area contributed by atoms with E-state index in [1.54, 1.807) is 13.2 Å². The first-order chi connectivity index (χ1) is 16.6. The van der Waals surface area contributed by atoms with Crippen molar-refractivity contribution in [2.75, 3.05) is 12.4 Å². The first-order valence-electron chi connectivity index (χ1n) is 11.2. The van der Waals surface area contributed by atoms with Crippen molar-refractivity contribution in [1.82, 2.24) is 10.3 Å². The number of aromatic nitrogens is 1. The Morgan fingerprint density at radius 2 is 1.80 bits per heavy atom. The smallest absolute Gasteiger partial charge is 0.293 e. The highest BCUT2D eigenvalue weighted by Gasteiger charge is 2.24. The van der Waals surface area contributed by atoms with Crippen LogP contribution in [0.5, 0.6) is 0 Å². The number of benzene rings is 2. The summed E-state index contributed by atoms with van der Waals surface area (Å²) in [6, 6.07) is 12.8. The van der Waals surface area contributed by atoms with Gasteiger partial charge in [0.1, 0.15) is 17.2 Å². The van der Waals surface area contributed by atoms with Crippen LogP contribution in [0, 0.1) is 11.6 Å². The van der Waals surface area contributed by atoms with Crippen LogP contribution < -0.4 is 10.6 Å². The maximum Gasteiger partial charge on any atom is 0.293 e. The molecule has 1 aliphatic heterocycles. The van der Waals surface area contributed by atoms with Crippen molar-refractivity contribution in [3.05, 3.63) is 83.2 Å². The predicted octanol–water partition coefficient (Wildman–Crippen LogP) is 4.98. The standard InChI is InChI=1S/C22H19F2N3O.C5H10O2/c1-25-20(10-13-8-14(23)11-15(24)9-13)22-17(5-3-7-26-22)16-4-2-6-19-18(16)12-21(28)27-19;1-5(2,3)7-4-6/h2-9,11,20,25H,10,12H2,1H3,(H,27,28);4H,1-3H3. The lowest BCUT2D eigenvalue weighted by Crippen LogP contribution is -2.21. The molecule has 0 saturated heterocycles. The molecule has 1 unspecified atom stereocenters. The Balaban J connectivity index is 0.000000429. The molecule has 0 fully saturated rings. The number of pyridine rings is 1. The van der Waals surface area contributed by atoms with E-state index in [9.17, 15) is 18.4 Å². The Hall–Kier alpha value is -3.65. The second kappa shape index (κ2) is 11.2. The Morgan fingerprint density at radius 1 is 1.11 bits per heavy atom. The van der Waals surface area contributed by atoms with Crippen molar-refractivity contribution in [3.63, 3.8) is 0 Å². The molecule has 3 aromatic rings. The molecule has 6 nitrogen and oxygen atoms in total. The third kappa shape index (κ3) is 6.93. The normalized spacial score (nSPS) is 13.3. The van der Waals surface area contributed by atoms with E-state index in [0.717, 1.165) is 34.1 Å². The van der Waals surface area contributed by atoms with E-state index >= 15 is 0 Å². The van der Waals surface area contributed by atoms with Crippen molar-refractivity contribution < 1.29 is 23.1 Å². The summed E-state index contributed by atoms with van der Waals surface area (Å²) in [5.74, 6) is -1.23. The predicted molar refractivity (Wildman–Crippen MR) is 131 cm³/mol. The van der Waals surface area contributed by atoms with E-state index in [1.165, 1.54) is 12.1 Å². The molecule has 8 heteroatoms. The minimum Gasteiger partial charge on any atom is -0.462 e. The van der Waals surface area contributed by atoms with Crippen molar-refractivity contribution >= 4 is 18.1 Å². The van der Waals surface area contributed by atoms with Gasteiger partial charge in [-0.1, -0.05) is 18.2 Å². The molecular weight excluding hydrogens is 452 g/mol. The van der Waals surface area contributed by atoms with Gasteiger partial charge in [-0.25, -0.2) is 8.78 Å². The van der Waals surface area contributed by atoms with E-state index < -0.39 is 11.6 Å². The van der Waals surface area contributed by atoms with Gasteiger partial charge in [0, 0.05) is 23.5 Å². The number of ether oxygens (including phenoxy) is 1. The fraction of sp³-hybridized carbons (Fsp3) is 0.296. The lowest BCUT2D eigenvalue weighted by molar-refractivity contribution is -0.138. The second-order valence-corrected chi connectivity index (χ2v) is 9.14. The summed E-state index contributed by atoms with van der Waals surface area (Å²) in [6.07, 6.45) is 2.39. The molecule has 1 atom stereocenters. The number of hydrogen-bond donors (Lipinski definition) is 2. The minimum absolute atomic E-state index is 0.0340. The molecule has 1 aromatic heterocycles. The summed E-state index contributed by atoms with van der Waals surface area (Å²) in [4.78, 5) is 26.0. The number of hydrogen-bond acceptors (Lipinski definition) is 5. The maximum atomic E-state index is 13.6.